The quantitative estimate of drug-likeness (QED) is 0.617. The van der Waals surface area contributed by atoms with Crippen LogP contribution in [0.1, 0.15) is 59.5 Å². The van der Waals surface area contributed by atoms with Gasteiger partial charge in [0.1, 0.15) is 5.54 Å². The average molecular weight is 379 g/mol. The van der Waals surface area contributed by atoms with Gasteiger partial charge in [0.25, 0.3) is 5.91 Å². The van der Waals surface area contributed by atoms with Crippen LogP contribution in [0.15, 0.2) is 36.4 Å². The predicted octanol–water partition coefficient (Wildman–Crippen LogP) is 3.48. The molecule has 1 aromatic heterocycles. The van der Waals surface area contributed by atoms with E-state index in [0.29, 0.717) is 18.0 Å². The largest absolute Gasteiger partial charge is 0.345 e. The SMILES string of the molecule is CC[C@@]1(c2ccccc2)NC(=O)N(CC(=O)c2cc(C)n(C3CC3)c2C)C1=O. The van der Waals surface area contributed by atoms with Crippen molar-refractivity contribution in [1.29, 1.82) is 0 Å². The van der Waals surface area contributed by atoms with E-state index in [1.54, 1.807) is 0 Å². The molecule has 0 radical (unpaired) electrons. The Morgan fingerprint density at radius 2 is 1.86 bits per heavy atom. The van der Waals surface area contributed by atoms with Gasteiger partial charge in [0.15, 0.2) is 5.78 Å². The highest BCUT2D eigenvalue weighted by Gasteiger charge is 2.51. The zero-order chi connectivity index (χ0) is 20.1. The summed E-state index contributed by atoms with van der Waals surface area (Å²) >= 11 is 0. The Balaban J connectivity index is 1.60. The molecule has 3 amide bonds. The lowest BCUT2D eigenvalue weighted by Crippen LogP contribution is -2.43. The van der Waals surface area contributed by atoms with Crippen LogP contribution < -0.4 is 5.32 Å². The van der Waals surface area contributed by atoms with Gasteiger partial charge in [-0.25, -0.2) is 4.79 Å². The van der Waals surface area contributed by atoms with Crippen LogP contribution >= 0.6 is 0 Å². The van der Waals surface area contributed by atoms with Crippen LogP contribution in [0.2, 0.25) is 0 Å². The summed E-state index contributed by atoms with van der Waals surface area (Å²) < 4.78 is 2.19. The van der Waals surface area contributed by atoms with E-state index in [0.717, 1.165) is 34.7 Å². The normalized spacial score (nSPS) is 21.9. The molecule has 2 heterocycles. The fourth-order valence-corrected chi connectivity index (χ4v) is 4.31. The van der Waals surface area contributed by atoms with Gasteiger partial charge in [-0.3, -0.25) is 14.5 Å². The smallest absolute Gasteiger partial charge is 0.325 e. The first-order valence-corrected chi connectivity index (χ1v) is 9.80. The highest BCUT2D eigenvalue weighted by Crippen LogP contribution is 2.38. The van der Waals surface area contributed by atoms with Crippen LogP contribution in [-0.2, 0) is 10.3 Å². The van der Waals surface area contributed by atoms with Crippen LogP contribution in [0.4, 0.5) is 4.79 Å². The molecule has 0 spiro atoms. The molecular weight excluding hydrogens is 354 g/mol. The molecule has 1 aromatic carbocycles. The number of nitrogens with one attached hydrogen (secondary N) is 1. The van der Waals surface area contributed by atoms with E-state index in [2.05, 4.69) is 9.88 Å². The summed E-state index contributed by atoms with van der Waals surface area (Å²) in [7, 11) is 0. The molecule has 4 rings (SSSR count). The Kier molecular flexibility index (Phi) is 4.37. The Morgan fingerprint density at radius 1 is 1.18 bits per heavy atom. The number of carbonyl (C=O) groups is 3. The van der Waals surface area contributed by atoms with E-state index < -0.39 is 11.6 Å². The number of hydrogen-bond donors (Lipinski definition) is 1. The predicted molar refractivity (Wildman–Crippen MR) is 105 cm³/mol. The number of aryl methyl sites for hydroxylation is 1. The van der Waals surface area contributed by atoms with Gasteiger partial charge in [-0.15, -0.1) is 0 Å². The van der Waals surface area contributed by atoms with Crippen molar-refractivity contribution in [3.05, 3.63) is 58.9 Å². The Bertz CT molecular complexity index is 959. The molecule has 1 aliphatic heterocycles. The Hall–Kier alpha value is -2.89. The monoisotopic (exact) mass is 379 g/mol. The number of carbonyl (C=O) groups excluding carboxylic acids is 3. The summed E-state index contributed by atoms with van der Waals surface area (Å²) in [6.07, 6.45) is 2.68. The molecule has 6 nitrogen and oxygen atoms in total. The van der Waals surface area contributed by atoms with Crippen LogP contribution in [0.3, 0.4) is 0 Å². The van der Waals surface area contributed by atoms with E-state index in [4.69, 9.17) is 0 Å². The van der Waals surface area contributed by atoms with E-state index in [9.17, 15) is 14.4 Å². The first-order valence-electron chi connectivity index (χ1n) is 9.80. The number of benzene rings is 1. The molecule has 28 heavy (non-hydrogen) atoms. The number of aromatic nitrogens is 1. The second-order valence-corrected chi connectivity index (χ2v) is 7.76. The molecule has 1 saturated heterocycles. The number of rotatable bonds is 6. The summed E-state index contributed by atoms with van der Waals surface area (Å²) in [4.78, 5) is 39.8. The van der Waals surface area contributed by atoms with Gasteiger partial charge in [0.2, 0.25) is 0 Å². The maximum absolute atomic E-state index is 13.2. The van der Waals surface area contributed by atoms with Crippen LogP contribution in [-0.4, -0.2) is 33.7 Å². The molecule has 2 aliphatic rings. The van der Waals surface area contributed by atoms with Gasteiger partial charge in [-0.2, -0.15) is 0 Å². The molecule has 1 atom stereocenters. The van der Waals surface area contributed by atoms with Gasteiger partial charge in [-0.1, -0.05) is 37.3 Å². The molecular formula is C22H25N3O3. The maximum atomic E-state index is 13.2. The van der Waals surface area contributed by atoms with Crippen molar-refractivity contribution >= 4 is 17.7 Å². The first kappa shape index (κ1) is 18.5. The minimum absolute atomic E-state index is 0.205. The third kappa shape index (κ3) is 2.75. The molecule has 0 bridgehead atoms. The van der Waals surface area contributed by atoms with Gasteiger partial charge in [0.05, 0.1) is 6.54 Å². The fraction of sp³-hybridized carbons (Fsp3) is 0.409. The standard InChI is InChI=1S/C22H25N3O3/c1-4-22(16-8-6-5-7-9-16)20(27)24(21(28)23-22)13-19(26)18-12-14(2)25(15(18)3)17-10-11-17/h5-9,12,17H,4,10-11,13H2,1-3H3,(H,23,28)/t22-/m0/s1. The van der Waals surface area contributed by atoms with Gasteiger partial charge in [-0.05, 0) is 44.7 Å². The van der Waals surface area contributed by atoms with Crippen LogP contribution in [0.25, 0.3) is 0 Å². The number of Topliss-reactive ketones (excluding diaryl/α,β-unsaturated/α-hetero) is 1. The summed E-state index contributed by atoms with van der Waals surface area (Å²) in [6, 6.07) is 11.0. The summed E-state index contributed by atoms with van der Waals surface area (Å²) in [5.41, 5.74) is 2.19. The zero-order valence-electron chi connectivity index (χ0n) is 16.5. The molecule has 6 heteroatoms. The van der Waals surface area contributed by atoms with Gasteiger partial charge < -0.3 is 9.88 Å². The molecule has 0 unspecified atom stereocenters. The average Bonchev–Trinajstić information content (AvgIpc) is 3.43. The minimum Gasteiger partial charge on any atom is -0.345 e. The number of ketones is 1. The molecule has 2 fully saturated rings. The highest BCUT2D eigenvalue weighted by molar-refractivity contribution is 6.11. The summed E-state index contributed by atoms with van der Waals surface area (Å²) in [6.45, 7) is 5.55. The van der Waals surface area contributed by atoms with Crippen LogP contribution in [0, 0.1) is 13.8 Å². The van der Waals surface area contributed by atoms with E-state index >= 15 is 0 Å². The lowest BCUT2D eigenvalue weighted by atomic mass is 9.87. The number of amides is 3. The van der Waals surface area contributed by atoms with E-state index in [1.807, 2.05) is 57.2 Å². The summed E-state index contributed by atoms with van der Waals surface area (Å²) in [5, 5.41) is 2.83. The number of hydrogen-bond acceptors (Lipinski definition) is 3. The second kappa shape index (κ2) is 6.62. The summed E-state index contributed by atoms with van der Waals surface area (Å²) in [5.74, 6) is -0.570. The lowest BCUT2D eigenvalue weighted by Gasteiger charge is -2.25. The molecule has 146 valence electrons. The Labute approximate surface area is 164 Å². The molecule has 1 N–H and O–H groups in total. The van der Waals surface area contributed by atoms with Crippen molar-refractivity contribution in [2.45, 2.75) is 51.6 Å². The zero-order valence-corrected chi connectivity index (χ0v) is 16.5. The third-order valence-corrected chi connectivity index (χ3v) is 5.97. The van der Waals surface area contributed by atoms with Crippen molar-refractivity contribution in [2.24, 2.45) is 0 Å². The van der Waals surface area contributed by atoms with Crippen molar-refractivity contribution < 1.29 is 14.4 Å². The van der Waals surface area contributed by atoms with Gasteiger partial charge in [0, 0.05) is 23.0 Å². The fourth-order valence-electron chi connectivity index (χ4n) is 4.31. The number of imide groups is 1. The highest BCUT2D eigenvalue weighted by atomic mass is 16.2. The molecule has 1 saturated carbocycles. The minimum atomic E-state index is -1.11. The van der Waals surface area contributed by atoms with Crippen molar-refractivity contribution in [3.8, 4) is 0 Å². The first-order chi connectivity index (χ1) is 13.4. The van der Waals surface area contributed by atoms with Crippen molar-refractivity contribution in [3.63, 3.8) is 0 Å². The molecule has 2 aromatic rings. The second-order valence-electron chi connectivity index (χ2n) is 7.76. The molecule has 1 aliphatic carbocycles. The van der Waals surface area contributed by atoms with Gasteiger partial charge >= 0.3 is 6.03 Å². The van der Waals surface area contributed by atoms with E-state index in [1.165, 1.54) is 0 Å². The maximum Gasteiger partial charge on any atom is 0.325 e. The lowest BCUT2D eigenvalue weighted by molar-refractivity contribution is -0.131. The Morgan fingerprint density at radius 3 is 2.46 bits per heavy atom. The van der Waals surface area contributed by atoms with Crippen molar-refractivity contribution in [2.75, 3.05) is 6.54 Å². The van der Waals surface area contributed by atoms with Crippen molar-refractivity contribution in [1.82, 2.24) is 14.8 Å². The number of urea groups is 1. The van der Waals surface area contributed by atoms with Crippen LogP contribution in [0.5, 0.6) is 0 Å². The topological polar surface area (TPSA) is 71.4 Å². The third-order valence-electron chi connectivity index (χ3n) is 5.97. The van der Waals surface area contributed by atoms with E-state index in [-0.39, 0.29) is 18.2 Å². The number of nitrogens with zero attached hydrogens (tertiary/aromatic N) is 2.